The van der Waals surface area contributed by atoms with E-state index in [-0.39, 0.29) is 0 Å². The van der Waals surface area contributed by atoms with Crippen LogP contribution in [0.5, 0.6) is 0 Å². The van der Waals surface area contributed by atoms with Gasteiger partial charge < -0.3 is 4.90 Å². The molecule has 2 fully saturated rings. The summed E-state index contributed by atoms with van der Waals surface area (Å²) < 4.78 is 0. The molecule has 132 valence electrons. The monoisotopic (exact) mass is 375 g/mol. The first-order valence-corrected chi connectivity index (χ1v) is 9.87. The lowest BCUT2D eigenvalue weighted by Gasteiger charge is -2.39. The molecular weight excluding hydrogens is 353 g/mol. The smallest absolute Gasteiger partial charge is 0.147 e. The van der Waals surface area contributed by atoms with E-state index in [9.17, 15) is 0 Å². The average molecular weight is 376 g/mol. The SMILES string of the molecule is Cc1nc(N2CCC3(CCCC3)CC2)cnc1-c1cccc(Cl)c1Cl. The van der Waals surface area contributed by atoms with E-state index < -0.39 is 0 Å². The van der Waals surface area contributed by atoms with Crippen LogP contribution in [0.15, 0.2) is 24.4 Å². The van der Waals surface area contributed by atoms with Crippen LogP contribution in [-0.2, 0) is 0 Å². The van der Waals surface area contributed by atoms with E-state index in [1.54, 1.807) is 6.07 Å². The van der Waals surface area contributed by atoms with E-state index in [1.165, 1.54) is 38.5 Å². The van der Waals surface area contributed by atoms with Crippen LogP contribution in [0, 0.1) is 12.3 Å². The Morgan fingerprint density at radius 3 is 2.44 bits per heavy atom. The lowest BCUT2D eigenvalue weighted by atomic mass is 9.77. The third-order valence-corrected chi connectivity index (χ3v) is 6.77. The van der Waals surface area contributed by atoms with Gasteiger partial charge in [0.05, 0.1) is 27.6 Å². The van der Waals surface area contributed by atoms with Gasteiger partial charge in [0.1, 0.15) is 5.82 Å². The van der Waals surface area contributed by atoms with Gasteiger partial charge in [-0.3, -0.25) is 4.98 Å². The van der Waals surface area contributed by atoms with Gasteiger partial charge in [-0.15, -0.1) is 0 Å². The molecule has 1 aromatic carbocycles. The van der Waals surface area contributed by atoms with E-state index in [2.05, 4.69) is 9.88 Å². The van der Waals surface area contributed by atoms with Crippen LogP contribution >= 0.6 is 23.2 Å². The second-order valence-corrected chi connectivity index (χ2v) is 8.24. The van der Waals surface area contributed by atoms with Crippen molar-refractivity contribution in [3.8, 4) is 11.3 Å². The molecule has 2 heterocycles. The highest BCUT2D eigenvalue weighted by Crippen LogP contribution is 2.46. The third kappa shape index (κ3) is 3.24. The van der Waals surface area contributed by atoms with Crippen LogP contribution < -0.4 is 4.90 Å². The molecule has 0 radical (unpaired) electrons. The highest BCUT2D eigenvalue weighted by molar-refractivity contribution is 6.43. The van der Waals surface area contributed by atoms with Gasteiger partial charge >= 0.3 is 0 Å². The van der Waals surface area contributed by atoms with E-state index in [1.807, 2.05) is 25.3 Å². The molecule has 2 aliphatic rings. The number of hydrogen-bond acceptors (Lipinski definition) is 3. The van der Waals surface area contributed by atoms with Crippen molar-refractivity contribution in [3.05, 3.63) is 40.1 Å². The number of piperidine rings is 1. The molecule has 1 aliphatic carbocycles. The van der Waals surface area contributed by atoms with Crippen molar-refractivity contribution in [2.24, 2.45) is 5.41 Å². The summed E-state index contributed by atoms with van der Waals surface area (Å²) in [5.41, 5.74) is 3.16. The number of anilines is 1. The second kappa shape index (κ2) is 6.77. The first-order chi connectivity index (χ1) is 12.1. The fourth-order valence-corrected chi connectivity index (χ4v) is 4.80. The average Bonchev–Trinajstić information content (AvgIpc) is 3.06. The Labute approximate surface area is 159 Å². The molecule has 0 bridgehead atoms. The summed E-state index contributed by atoms with van der Waals surface area (Å²) >= 11 is 12.5. The predicted molar refractivity (Wildman–Crippen MR) is 105 cm³/mol. The van der Waals surface area contributed by atoms with E-state index in [0.717, 1.165) is 35.9 Å². The molecule has 1 saturated carbocycles. The summed E-state index contributed by atoms with van der Waals surface area (Å²) in [4.78, 5) is 11.9. The van der Waals surface area contributed by atoms with Crippen LogP contribution in [-0.4, -0.2) is 23.1 Å². The quantitative estimate of drug-likeness (QED) is 0.652. The van der Waals surface area contributed by atoms with E-state index in [0.29, 0.717) is 15.5 Å². The zero-order valence-corrected chi connectivity index (χ0v) is 16.1. The Balaban J connectivity index is 1.55. The van der Waals surface area contributed by atoms with Gasteiger partial charge in [-0.05, 0) is 44.1 Å². The number of aromatic nitrogens is 2. The topological polar surface area (TPSA) is 29.0 Å². The first kappa shape index (κ1) is 17.1. The summed E-state index contributed by atoms with van der Waals surface area (Å²) in [6.45, 7) is 4.17. The predicted octanol–water partition coefficient (Wildman–Crippen LogP) is 5.92. The number of halogens is 2. The maximum Gasteiger partial charge on any atom is 0.147 e. The van der Waals surface area contributed by atoms with Gasteiger partial charge in [-0.2, -0.15) is 0 Å². The molecule has 3 nitrogen and oxygen atoms in total. The molecule has 1 aromatic heterocycles. The van der Waals surface area contributed by atoms with Crippen molar-refractivity contribution < 1.29 is 0 Å². The Morgan fingerprint density at radius 2 is 1.76 bits per heavy atom. The normalized spacial score (nSPS) is 19.6. The molecule has 25 heavy (non-hydrogen) atoms. The number of hydrogen-bond donors (Lipinski definition) is 0. The second-order valence-electron chi connectivity index (χ2n) is 7.46. The number of aryl methyl sites for hydroxylation is 1. The van der Waals surface area contributed by atoms with Gasteiger partial charge in [-0.1, -0.05) is 48.2 Å². The molecule has 0 N–H and O–H groups in total. The Kier molecular flexibility index (Phi) is 4.63. The highest BCUT2D eigenvalue weighted by atomic mass is 35.5. The Morgan fingerprint density at radius 1 is 1.04 bits per heavy atom. The van der Waals surface area contributed by atoms with E-state index in [4.69, 9.17) is 28.2 Å². The molecule has 5 heteroatoms. The van der Waals surface area contributed by atoms with Crippen molar-refractivity contribution in [2.45, 2.75) is 45.4 Å². The standard InChI is InChI=1S/C20H23Cl2N3/c1-14-19(15-5-4-6-16(21)18(15)22)23-13-17(24-14)25-11-9-20(10-12-25)7-2-3-8-20/h4-6,13H,2-3,7-12H2,1H3. The van der Waals surface area contributed by atoms with Crippen LogP contribution in [0.4, 0.5) is 5.82 Å². The summed E-state index contributed by atoms with van der Waals surface area (Å²) in [6, 6.07) is 5.62. The molecule has 4 rings (SSSR count). The summed E-state index contributed by atoms with van der Waals surface area (Å²) in [7, 11) is 0. The highest BCUT2D eigenvalue weighted by Gasteiger charge is 2.37. The molecule has 0 atom stereocenters. The minimum absolute atomic E-state index is 0.537. The summed E-state index contributed by atoms with van der Waals surface area (Å²) in [5.74, 6) is 0.979. The fraction of sp³-hybridized carbons (Fsp3) is 0.500. The lowest BCUT2D eigenvalue weighted by molar-refractivity contribution is 0.226. The summed E-state index contributed by atoms with van der Waals surface area (Å²) in [5, 5.41) is 1.08. The van der Waals surface area contributed by atoms with Gasteiger partial charge in [0, 0.05) is 18.7 Å². The molecule has 1 saturated heterocycles. The minimum Gasteiger partial charge on any atom is -0.355 e. The Hall–Kier alpha value is -1.32. The summed E-state index contributed by atoms with van der Waals surface area (Å²) in [6.07, 6.45) is 10.1. The largest absolute Gasteiger partial charge is 0.355 e. The maximum absolute atomic E-state index is 6.35. The molecule has 0 unspecified atom stereocenters. The molecule has 2 aromatic rings. The van der Waals surface area contributed by atoms with Crippen LogP contribution in [0.25, 0.3) is 11.3 Å². The molecular formula is C20H23Cl2N3. The van der Waals surface area contributed by atoms with Crippen LogP contribution in [0.2, 0.25) is 10.0 Å². The zero-order chi connectivity index (χ0) is 17.4. The van der Waals surface area contributed by atoms with Crippen LogP contribution in [0.1, 0.15) is 44.2 Å². The van der Waals surface area contributed by atoms with Gasteiger partial charge in [0.15, 0.2) is 0 Å². The first-order valence-electron chi connectivity index (χ1n) is 9.11. The maximum atomic E-state index is 6.35. The number of nitrogens with zero attached hydrogens (tertiary/aromatic N) is 3. The molecule has 0 amide bonds. The van der Waals surface area contributed by atoms with Crippen molar-refractivity contribution in [1.29, 1.82) is 0 Å². The van der Waals surface area contributed by atoms with E-state index >= 15 is 0 Å². The number of rotatable bonds is 2. The van der Waals surface area contributed by atoms with Gasteiger partial charge in [0.2, 0.25) is 0 Å². The Bertz CT molecular complexity index is 775. The fourth-order valence-electron chi connectivity index (χ4n) is 4.41. The lowest BCUT2D eigenvalue weighted by Crippen LogP contribution is -2.39. The minimum atomic E-state index is 0.537. The van der Waals surface area contributed by atoms with Gasteiger partial charge in [-0.25, -0.2) is 4.98 Å². The van der Waals surface area contributed by atoms with Crippen molar-refractivity contribution in [1.82, 2.24) is 9.97 Å². The number of benzene rings is 1. The zero-order valence-electron chi connectivity index (χ0n) is 14.6. The van der Waals surface area contributed by atoms with Gasteiger partial charge in [0.25, 0.3) is 0 Å². The third-order valence-electron chi connectivity index (χ3n) is 5.95. The van der Waals surface area contributed by atoms with Crippen molar-refractivity contribution in [2.75, 3.05) is 18.0 Å². The van der Waals surface area contributed by atoms with Crippen molar-refractivity contribution in [3.63, 3.8) is 0 Å². The molecule has 1 aliphatic heterocycles. The van der Waals surface area contributed by atoms with Crippen molar-refractivity contribution >= 4 is 29.0 Å². The van der Waals surface area contributed by atoms with Crippen LogP contribution in [0.3, 0.4) is 0 Å². The molecule has 1 spiro atoms.